The number of nitrogens with two attached hydrogens (primary N) is 1. The minimum absolute atomic E-state index is 0.254. The van der Waals surface area contributed by atoms with Crippen molar-refractivity contribution < 1.29 is 37.8 Å². The zero-order valence-corrected chi connectivity index (χ0v) is 18.6. The molecule has 0 radical (unpaired) electrons. The van der Waals surface area contributed by atoms with Crippen molar-refractivity contribution in [2.24, 2.45) is 5.73 Å². The van der Waals surface area contributed by atoms with Crippen LogP contribution in [0.1, 0.15) is 47.1 Å². The van der Waals surface area contributed by atoms with Gasteiger partial charge in [-0.2, -0.15) is 5.01 Å². The predicted molar refractivity (Wildman–Crippen MR) is 107 cm³/mol. The summed E-state index contributed by atoms with van der Waals surface area (Å²) in [6, 6.07) is 3.98. The van der Waals surface area contributed by atoms with Gasteiger partial charge in [-0.3, -0.25) is 4.79 Å². The lowest BCUT2D eigenvalue weighted by Gasteiger charge is -2.39. The van der Waals surface area contributed by atoms with Gasteiger partial charge in [-0.05, 0) is 53.7 Å². The van der Waals surface area contributed by atoms with Gasteiger partial charge in [-0.1, -0.05) is 12.1 Å². The predicted octanol–water partition coefficient (Wildman–Crippen LogP) is 2.36. The fourth-order valence-electron chi connectivity index (χ4n) is 2.50. The molecule has 0 saturated carbocycles. The second-order valence-corrected chi connectivity index (χ2v) is 8.50. The van der Waals surface area contributed by atoms with Crippen molar-refractivity contribution in [1.82, 2.24) is 10.4 Å². The van der Waals surface area contributed by atoms with Crippen LogP contribution in [0.2, 0.25) is 0 Å². The lowest BCUT2D eigenvalue weighted by molar-refractivity contribution is -0.163. The number of ether oxygens (including phenoxy) is 3. The standard InChI is InChI=1S/C20H28FN3O7/c1-18(2,3)30-16(27)23-24(17(28)31-19(4,5)6)20(14(22)25,15(26)29-7)12-8-10-13(21)11-9-12/h8-11H,1-7H3,(H2,22,25)(H,23,27)/t20-/m1/s1. The van der Waals surface area contributed by atoms with E-state index < -0.39 is 46.6 Å². The minimum atomic E-state index is -2.73. The Labute approximate surface area is 179 Å². The molecule has 0 bridgehead atoms. The van der Waals surface area contributed by atoms with Crippen LogP contribution in [-0.2, 0) is 29.3 Å². The summed E-state index contributed by atoms with van der Waals surface area (Å²) in [5, 5.41) is 0.285. The normalized spacial score (nSPS) is 13.4. The van der Waals surface area contributed by atoms with E-state index in [-0.39, 0.29) is 10.6 Å². The number of rotatable bonds is 4. The van der Waals surface area contributed by atoms with Crippen molar-refractivity contribution in [2.75, 3.05) is 7.11 Å². The Morgan fingerprint density at radius 2 is 1.42 bits per heavy atom. The number of primary amides is 1. The molecular formula is C20H28FN3O7. The molecule has 0 aliphatic rings. The largest absolute Gasteiger partial charge is 0.467 e. The maximum atomic E-state index is 13.5. The second kappa shape index (κ2) is 9.19. The Morgan fingerprint density at radius 3 is 1.81 bits per heavy atom. The van der Waals surface area contributed by atoms with Gasteiger partial charge >= 0.3 is 18.2 Å². The first-order valence-corrected chi connectivity index (χ1v) is 9.22. The summed E-state index contributed by atoms with van der Waals surface area (Å²) >= 11 is 0. The third-order valence-corrected chi connectivity index (χ3v) is 3.61. The van der Waals surface area contributed by atoms with Crippen LogP contribution in [-0.4, -0.2) is 47.4 Å². The average Bonchev–Trinajstić information content (AvgIpc) is 2.59. The van der Waals surface area contributed by atoms with Crippen LogP contribution in [0.25, 0.3) is 0 Å². The van der Waals surface area contributed by atoms with Crippen LogP contribution in [0.3, 0.4) is 0 Å². The molecule has 31 heavy (non-hydrogen) atoms. The van der Waals surface area contributed by atoms with Crippen LogP contribution in [0.15, 0.2) is 24.3 Å². The maximum Gasteiger partial charge on any atom is 0.431 e. The van der Waals surface area contributed by atoms with E-state index in [9.17, 15) is 23.6 Å². The molecule has 1 atom stereocenters. The fourth-order valence-corrected chi connectivity index (χ4v) is 2.50. The number of hydrazine groups is 1. The van der Waals surface area contributed by atoms with Gasteiger partial charge in [0.2, 0.25) is 0 Å². The van der Waals surface area contributed by atoms with E-state index >= 15 is 0 Å². The van der Waals surface area contributed by atoms with E-state index in [0.29, 0.717) is 0 Å². The minimum Gasteiger partial charge on any atom is -0.467 e. The number of nitrogens with zero attached hydrogens (tertiary/aromatic N) is 1. The smallest absolute Gasteiger partial charge is 0.431 e. The molecule has 3 N–H and O–H groups in total. The van der Waals surface area contributed by atoms with Crippen LogP contribution < -0.4 is 11.2 Å². The third kappa shape index (κ3) is 6.30. The molecule has 0 aliphatic carbocycles. The van der Waals surface area contributed by atoms with Crippen LogP contribution >= 0.6 is 0 Å². The summed E-state index contributed by atoms with van der Waals surface area (Å²) in [5.74, 6) is -3.41. The molecule has 0 unspecified atom stereocenters. The first kappa shape index (κ1) is 25.7. The maximum absolute atomic E-state index is 13.5. The van der Waals surface area contributed by atoms with Crippen molar-refractivity contribution in [1.29, 1.82) is 0 Å². The van der Waals surface area contributed by atoms with Crippen molar-refractivity contribution in [3.8, 4) is 0 Å². The Hall–Kier alpha value is -3.37. The molecule has 0 spiro atoms. The lowest BCUT2D eigenvalue weighted by atomic mass is 9.88. The van der Waals surface area contributed by atoms with E-state index in [1.807, 2.05) is 5.43 Å². The van der Waals surface area contributed by atoms with E-state index in [1.165, 1.54) is 20.8 Å². The number of esters is 1. The van der Waals surface area contributed by atoms with E-state index in [2.05, 4.69) is 0 Å². The average molecular weight is 441 g/mol. The van der Waals surface area contributed by atoms with Gasteiger partial charge in [0, 0.05) is 5.56 Å². The SMILES string of the molecule is COC(=O)[C@](C(N)=O)(c1ccc(F)cc1)N(NC(=O)OC(C)(C)C)C(=O)OC(C)(C)C. The quantitative estimate of drug-likeness (QED) is 0.317. The Morgan fingerprint density at radius 1 is 0.935 bits per heavy atom. The van der Waals surface area contributed by atoms with Crippen molar-refractivity contribution in [3.05, 3.63) is 35.6 Å². The zero-order valence-electron chi connectivity index (χ0n) is 18.6. The van der Waals surface area contributed by atoms with Gasteiger partial charge in [0.05, 0.1) is 7.11 Å². The number of amides is 3. The highest BCUT2D eigenvalue weighted by atomic mass is 19.1. The van der Waals surface area contributed by atoms with Crippen LogP contribution in [0.4, 0.5) is 14.0 Å². The first-order valence-electron chi connectivity index (χ1n) is 9.22. The molecule has 1 aromatic carbocycles. The monoisotopic (exact) mass is 441 g/mol. The Bertz CT molecular complexity index is 844. The number of hydrogen-bond acceptors (Lipinski definition) is 7. The number of benzene rings is 1. The van der Waals surface area contributed by atoms with E-state index in [1.54, 1.807) is 20.8 Å². The van der Waals surface area contributed by atoms with Gasteiger partial charge in [0.25, 0.3) is 11.4 Å². The van der Waals surface area contributed by atoms with Gasteiger partial charge in [0.15, 0.2) is 0 Å². The Balaban J connectivity index is 3.75. The van der Waals surface area contributed by atoms with Crippen molar-refractivity contribution in [3.63, 3.8) is 0 Å². The van der Waals surface area contributed by atoms with Crippen molar-refractivity contribution >= 4 is 24.1 Å². The molecule has 172 valence electrons. The summed E-state index contributed by atoms with van der Waals surface area (Å²) in [4.78, 5) is 51.0. The van der Waals surface area contributed by atoms with E-state index in [0.717, 1.165) is 31.4 Å². The molecule has 11 heteroatoms. The zero-order chi connectivity index (χ0) is 24.2. The Kier molecular flexibility index (Phi) is 7.61. The summed E-state index contributed by atoms with van der Waals surface area (Å²) < 4.78 is 28.6. The molecular weight excluding hydrogens is 413 g/mol. The molecule has 10 nitrogen and oxygen atoms in total. The van der Waals surface area contributed by atoms with Crippen LogP contribution in [0, 0.1) is 5.82 Å². The highest BCUT2D eigenvalue weighted by Crippen LogP contribution is 2.31. The number of carbonyl (C=O) groups is 4. The molecule has 1 aromatic rings. The third-order valence-electron chi connectivity index (χ3n) is 3.61. The molecule has 1 rings (SSSR count). The van der Waals surface area contributed by atoms with Crippen molar-refractivity contribution in [2.45, 2.75) is 58.3 Å². The highest BCUT2D eigenvalue weighted by molar-refractivity contribution is 6.09. The summed E-state index contributed by atoms with van der Waals surface area (Å²) in [5.41, 5.74) is 2.53. The molecule has 0 heterocycles. The molecule has 0 fully saturated rings. The van der Waals surface area contributed by atoms with Crippen LogP contribution in [0.5, 0.6) is 0 Å². The highest BCUT2D eigenvalue weighted by Gasteiger charge is 2.57. The number of halogens is 1. The summed E-state index contributed by atoms with van der Waals surface area (Å²) in [6.45, 7) is 9.26. The molecule has 0 saturated heterocycles. The number of carbonyl (C=O) groups excluding carboxylic acids is 4. The van der Waals surface area contributed by atoms with Gasteiger partial charge in [0.1, 0.15) is 17.0 Å². The molecule has 0 aromatic heterocycles. The summed E-state index contributed by atoms with van der Waals surface area (Å²) in [6.07, 6.45) is -2.50. The first-order chi connectivity index (χ1) is 14.0. The van der Waals surface area contributed by atoms with E-state index in [4.69, 9.17) is 19.9 Å². The lowest BCUT2D eigenvalue weighted by Crippen LogP contribution is -2.68. The van der Waals surface area contributed by atoms with Gasteiger partial charge in [-0.25, -0.2) is 24.2 Å². The second-order valence-electron chi connectivity index (χ2n) is 8.50. The molecule has 0 aliphatic heterocycles. The van der Waals surface area contributed by atoms with Gasteiger partial charge in [-0.15, -0.1) is 0 Å². The number of nitrogens with one attached hydrogen (secondary N) is 1. The number of hydrogen-bond donors (Lipinski definition) is 2. The van der Waals surface area contributed by atoms with Gasteiger partial charge < -0.3 is 19.9 Å². The topological polar surface area (TPSA) is 137 Å². The fraction of sp³-hybridized carbons (Fsp3) is 0.500. The molecule has 3 amide bonds. The number of methoxy groups -OCH3 is 1. The summed E-state index contributed by atoms with van der Waals surface area (Å²) in [7, 11) is 0.949.